The summed E-state index contributed by atoms with van der Waals surface area (Å²) in [4.78, 5) is 22.5. The lowest BCUT2D eigenvalue weighted by atomic mass is 10.0. The number of rotatable bonds is 20. The standard InChI is InChI=1S/C23H44O5/c1-2-3-4-5-6-7-8-9-10-11-12-13-14-15-16-17-18-19-22(26)28-23(27)21(25)20-24/h21,24-25H,2-20H2,1H3. The number of hydrogen-bond donors (Lipinski definition) is 2. The fourth-order valence-electron chi connectivity index (χ4n) is 3.30. The van der Waals surface area contributed by atoms with Gasteiger partial charge in [-0.25, -0.2) is 4.79 Å². The van der Waals surface area contributed by atoms with Crippen molar-refractivity contribution in [2.45, 2.75) is 129 Å². The SMILES string of the molecule is CCCCCCCCCCCCCCCCCCCC(=O)OC(=O)C(O)CO. The molecule has 0 heterocycles. The molecule has 0 rings (SSSR count). The van der Waals surface area contributed by atoms with E-state index in [1.807, 2.05) is 0 Å². The molecule has 0 aliphatic heterocycles. The van der Waals surface area contributed by atoms with Crippen LogP contribution in [0.1, 0.15) is 122 Å². The van der Waals surface area contributed by atoms with Crippen LogP contribution in [0.2, 0.25) is 0 Å². The summed E-state index contributed by atoms with van der Waals surface area (Å²) in [7, 11) is 0. The van der Waals surface area contributed by atoms with Crippen LogP contribution in [0.25, 0.3) is 0 Å². The van der Waals surface area contributed by atoms with E-state index in [4.69, 9.17) is 10.2 Å². The molecule has 2 N–H and O–H groups in total. The molecule has 5 nitrogen and oxygen atoms in total. The predicted molar refractivity (Wildman–Crippen MR) is 113 cm³/mol. The molecule has 0 aromatic heterocycles. The fourth-order valence-corrected chi connectivity index (χ4v) is 3.30. The van der Waals surface area contributed by atoms with Crippen molar-refractivity contribution in [2.75, 3.05) is 6.61 Å². The summed E-state index contributed by atoms with van der Waals surface area (Å²) in [5, 5.41) is 17.6. The van der Waals surface area contributed by atoms with Gasteiger partial charge in [-0.15, -0.1) is 0 Å². The normalized spacial score (nSPS) is 12.1. The Morgan fingerprint density at radius 2 is 1.04 bits per heavy atom. The molecular formula is C23H44O5. The summed E-state index contributed by atoms with van der Waals surface area (Å²) in [6, 6.07) is 0. The monoisotopic (exact) mass is 400 g/mol. The number of aliphatic hydroxyl groups excluding tert-OH is 2. The van der Waals surface area contributed by atoms with Crippen LogP contribution in [0.15, 0.2) is 0 Å². The lowest BCUT2D eigenvalue weighted by molar-refractivity contribution is -0.167. The third-order valence-corrected chi connectivity index (χ3v) is 5.14. The summed E-state index contributed by atoms with van der Waals surface area (Å²) in [5.41, 5.74) is 0. The second-order valence-corrected chi connectivity index (χ2v) is 7.90. The highest BCUT2D eigenvalue weighted by molar-refractivity contribution is 5.87. The van der Waals surface area contributed by atoms with Crippen LogP contribution < -0.4 is 0 Å². The zero-order valence-electron chi connectivity index (χ0n) is 18.1. The summed E-state index contributed by atoms with van der Waals surface area (Å²) in [6.07, 6.45) is 20.3. The number of aliphatic hydroxyl groups is 2. The second kappa shape index (κ2) is 20.8. The highest BCUT2D eigenvalue weighted by Gasteiger charge is 2.18. The van der Waals surface area contributed by atoms with Crippen LogP contribution in [-0.2, 0) is 14.3 Å². The molecule has 0 bridgehead atoms. The Bertz CT molecular complexity index is 370. The molecule has 166 valence electrons. The van der Waals surface area contributed by atoms with Gasteiger partial charge in [-0.05, 0) is 6.42 Å². The van der Waals surface area contributed by atoms with Crippen LogP contribution in [0.5, 0.6) is 0 Å². The molecule has 5 heteroatoms. The van der Waals surface area contributed by atoms with E-state index in [2.05, 4.69) is 11.7 Å². The molecular weight excluding hydrogens is 356 g/mol. The highest BCUT2D eigenvalue weighted by atomic mass is 16.6. The molecule has 0 aromatic rings. The third kappa shape index (κ3) is 18.4. The van der Waals surface area contributed by atoms with E-state index in [0.29, 0.717) is 6.42 Å². The summed E-state index contributed by atoms with van der Waals surface area (Å²) < 4.78 is 4.44. The summed E-state index contributed by atoms with van der Waals surface area (Å²) in [6.45, 7) is 1.53. The van der Waals surface area contributed by atoms with Gasteiger partial charge in [0.1, 0.15) is 0 Å². The van der Waals surface area contributed by atoms with Crippen molar-refractivity contribution in [3.8, 4) is 0 Å². The van der Waals surface area contributed by atoms with Crippen LogP contribution in [-0.4, -0.2) is 34.9 Å². The lowest BCUT2D eigenvalue weighted by Crippen LogP contribution is -2.28. The van der Waals surface area contributed by atoms with Gasteiger partial charge >= 0.3 is 11.9 Å². The Labute approximate surface area is 172 Å². The summed E-state index contributed by atoms with van der Waals surface area (Å²) in [5.74, 6) is -1.70. The molecule has 0 aromatic carbocycles. The van der Waals surface area contributed by atoms with Crippen molar-refractivity contribution in [1.82, 2.24) is 0 Å². The van der Waals surface area contributed by atoms with Crippen LogP contribution in [0, 0.1) is 0 Å². The molecule has 0 amide bonds. The van der Waals surface area contributed by atoms with Crippen molar-refractivity contribution in [2.24, 2.45) is 0 Å². The first-order chi connectivity index (χ1) is 13.6. The molecule has 0 aliphatic rings. The van der Waals surface area contributed by atoms with E-state index in [0.717, 1.165) is 12.8 Å². The van der Waals surface area contributed by atoms with E-state index < -0.39 is 24.6 Å². The third-order valence-electron chi connectivity index (χ3n) is 5.14. The van der Waals surface area contributed by atoms with Gasteiger partial charge in [0.25, 0.3) is 0 Å². The Hall–Kier alpha value is -0.940. The van der Waals surface area contributed by atoms with Gasteiger partial charge in [-0.1, -0.05) is 110 Å². The van der Waals surface area contributed by atoms with Gasteiger partial charge in [0.05, 0.1) is 6.61 Å². The van der Waals surface area contributed by atoms with E-state index in [1.54, 1.807) is 0 Å². The smallest absolute Gasteiger partial charge is 0.345 e. The van der Waals surface area contributed by atoms with Crippen molar-refractivity contribution in [3.05, 3.63) is 0 Å². The first-order valence-corrected chi connectivity index (χ1v) is 11.6. The number of carbonyl (C=O) groups is 2. The van der Waals surface area contributed by atoms with Gasteiger partial charge in [0, 0.05) is 6.42 Å². The van der Waals surface area contributed by atoms with E-state index in [9.17, 15) is 9.59 Å². The Morgan fingerprint density at radius 3 is 1.39 bits per heavy atom. The van der Waals surface area contributed by atoms with Crippen molar-refractivity contribution in [3.63, 3.8) is 0 Å². The molecule has 1 unspecified atom stereocenters. The average Bonchev–Trinajstić information content (AvgIpc) is 2.69. The highest BCUT2D eigenvalue weighted by Crippen LogP contribution is 2.14. The molecule has 0 aliphatic carbocycles. The molecule has 0 radical (unpaired) electrons. The Kier molecular flexibility index (Phi) is 20.1. The zero-order valence-corrected chi connectivity index (χ0v) is 18.1. The van der Waals surface area contributed by atoms with Gasteiger partial charge < -0.3 is 14.9 Å². The van der Waals surface area contributed by atoms with E-state index in [-0.39, 0.29) is 6.42 Å². The van der Waals surface area contributed by atoms with Gasteiger partial charge in [-0.3, -0.25) is 4.79 Å². The van der Waals surface area contributed by atoms with Crippen LogP contribution >= 0.6 is 0 Å². The lowest BCUT2D eigenvalue weighted by Gasteiger charge is -2.06. The fraction of sp³-hybridized carbons (Fsp3) is 0.913. The van der Waals surface area contributed by atoms with Crippen LogP contribution in [0.4, 0.5) is 0 Å². The minimum absolute atomic E-state index is 0.183. The topological polar surface area (TPSA) is 83.8 Å². The molecule has 1 atom stereocenters. The Balaban J connectivity index is 3.21. The van der Waals surface area contributed by atoms with E-state index in [1.165, 1.54) is 89.9 Å². The zero-order chi connectivity index (χ0) is 20.9. The van der Waals surface area contributed by atoms with Crippen molar-refractivity contribution < 1.29 is 24.5 Å². The number of carbonyl (C=O) groups excluding carboxylic acids is 2. The van der Waals surface area contributed by atoms with Crippen molar-refractivity contribution in [1.29, 1.82) is 0 Å². The molecule has 0 saturated carbocycles. The summed E-state index contributed by atoms with van der Waals surface area (Å²) >= 11 is 0. The molecule has 0 fully saturated rings. The average molecular weight is 401 g/mol. The molecule has 28 heavy (non-hydrogen) atoms. The first kappa shape index (κ1) is 27.1. The largest absolute Gasteiger partial charge is 0.393 e. The maximum absolute atomic E-state index is 11.4. The number of hydrogen-bond acceptors (Lipinski definition) is 5. The molecule has 0 saturated heterocycles. The Morgan fingerprint density at radius 1 is 0.679 bits per heavy atom. The van der Waals surface area contributed by atoms with Gasteiger partial charge in [0.2, 0.25) is 0 Å². The minimum atomic E-state index is -1.63. The van der Waals surface area contributed by atoms with E-state index >= 15 is 0 Å². The van der Waals surface area contributed by atoms with Crippen molar-refractivity contribution >= 4 is 11.9 Å². The number of unbranched alkanes of at least 4 members (excludes halogenated alkanes) is 16. The minimum Gasteiger partial charge on any atom is -0.393 e. The molecule has 0 spiro atoms. The van der Waals surface area contributed by atoms with Gasteiger partial charge in [-0.2, -0.15) is 0 Å². The van der Waals surface area contributed by atoms with Crippen LogP contribution in [0.3, 0.4) is 0 Å². The maximum atomic E-state index is 11.4. The first-order valence-electron chi connectivity index (χ1n) is 11.6. The quantitative estimate of drug-likeness (QED) is 0.161. The number of ether oxygens (including phenoxy) is 1. The number of esters is 2. The maximum Gasteiger partial charge on any atom is 0.345 e. The van der Waals surface area contributed by atoms with Gasteiger partial charge in [0.15, 0.2) is 6.10 Å². The second-order valence-electron chi connectivity index (χ2n) is 7.90. The predicted octanol–water partition coefficient (Wildman–Crippen LogP) is 5.45.